The lowest BCUT2D eigenvalue weighted by Gasteiger charge is -2.28. The Kier molecular flexibility index (Phi) is 3.95. The average Bonchev–Trinajstić information content (AvgIpc) is 2.37. The summed E-state index contributed by atoms with van der Waals surface area (Å²) >= 11 is 3.38. The third-order valence-corrected chi connectivity index (χ3v) is 4.66. The van der Waals surface area contributed by atoms with Crippen LogP contribution >= 0.6 is 15.9 Å². The van der Waals surface area contributed by atoms with E-state index in [1.54, 1.807) is 0 Å². The third kappa shape index (κ3) is 2.26. The summed E-state index contributed by atoms with van der Waals surface area (Å²) in [4.78, 5) is 13.7. The molecule has 0 amide bonds. The number of ether oxygens (including phenoxy) is 1. The molecule has 2 unspecified atom stereocenters. The van der Waals surface area contributed by atoms with Crippen molar-refractivity contribution in [1.82, 2.24) is 0 Å². The van der Waals surface area contributed by atoms with Crippen LogP contribution in [0.15, 0.2) is 18.2 Å². The van der Waals surface area contributed by atoms with Gasteiger partial charge in [0.1, 0.15) is 10.6 Å². The first-order chi connectivity index (χ1) is 8.58. The number of hydrogen-bond donors (Lipinski definition) is 0. The molecule has 0 saturated carbocycles. The normalized spacial score (nSPS) is 22.3. The maximum absolute atomic E-state index is 11.7. The molecule has 3 nitrogen and oxygen atoms in total. The molecular formula is C14H18BrNO2. The van der Waals surface area contributed by atoms with Gasteiger partial charge in [-0.25, -0.2) is 0 Å². The zero-order valence-corrected chi connectivity index (χ0v) is 12.5. The summed E-state index contributed by atoms with van der Waals surface area (Å²) in [7, 11) is 0. The molecular weight excluding hydrogens is 294 g/mol. The Bertz CT molecular complexity index is 457. The number of benzene rings is 1. The van der Waals surface area contributed by atoms with Gasteiger partial charge in [0, 0.05) is 30.8 Å². The Hall–Kier alpha value is -1.03. The van der Waals surface area contributed by atoms with Gasteiger partial charge in [-0.05, 0) is 25.5 Å². The summed E-state index contributed by atoms with van der Waals surface area (Å²) in [6.45, 7) is 8.16. The lowest BCUT2D eigenvalue weighted by atomic mass is 9.94. The smallest absolute Gasteiger partial charge is 0.325 e. The van der Waals surface area contributed by atoms with Crippen molar-refractivity contribution in [3.05, 3.63) is 23.8 Å². The van der Waals surface area contributed by atoms with Gasteiger partial charge in [-0.15, -0.1) is 0 Å². The molecule has 18 heavy (non-hydrogen) atoms. The second-order valence-electron chi connectivity index (χ2n) is 4.51. The van der Waals surface area contributed by atoms with E-state index in [4.69, 9.17) is 4.74 Å². The van der Waals surface area contributed by atoms with E-state index in [-0.39, 0.29) is 16.7 Å². The van der Waals surface area contributed by atoms with Crippen molar-refractivity contribution < 1.29 is 9.53 Å². The Morgan fingerprint density at radius 3 is 2.61 bits per heavy atom. The highest BCUT2D eigenvalue weighted by Crippen LogP contribution is 2.39. The van der Waals surface area contributed by atoms with E-state index in [0.29, 0.717) is 5.75 Å². The largest absolute Gasteiger partial charge is 0.425 e. The number of hydrogen-bond acceptors (Lipinski definition) is 3. The summed E-state index contributed by atoms with van der Waals surface area (Å²) in [6, 6.07) is 6.13. The van der Waals surface area contributed by atoms with Crippen LogP contribution in [-0.4, -0.2) is 23.9 Å². The maximum atomic E-state index is 11.7. The van der Waals surface area contributed by atoms with Crippen molar-refractivity contribution in [2.75, 3.05) is 18.0 Å². The molecule has 4 heteroatoms. The number of esters is 1. The van der Waals surface area contributed by atoms with Crippen LogP contribution in [0.2, 0.25) is 0 Å². The van der Waals surface area contributed by atoms with Crippen LogP contribution in [0, 0.1) is 0 Å². The summed E-state index contributed by atoms with van der Waals surface area (Å²) in [5, 5.41) is 0. The number of nitrogens with zero attached hydrogens (tertiary/aromatic N) is 1. The summed E-state index contributed by atoms with van der Waals surface area (Å²) in [5.74, 6) is 0.645. The Morgan fingerprint density at radius 2 is 2.00 bits per heavy atom. The summed E-state index contributed by atoms with van der Waals surface area (Å²) in [5.41, 5.74) is 2.19. The highest BCUT2D eigenvalue weighted by atomic mass is 79.9. The number of rotatable bonds is 3. The van der Waals surface area contributed by atoms with Gasteiger partial charge >= 0.3 is 5.97 Å². The number of carbonyl (C=O) groups excluding carboxylic acids is 1. The van der Waals surface area contributed by atoms with Crippen LogP contribution < -0.4 is 9.64 Å². The van der Waals surface area contributed by atoms with E-state index in [9.17, 15) is 4.79 Å². The fourth-order valence-corrected chi connectivity index (χ4v) is 2.68. The predicted octanol–water partition coefficient (Wildman–Crippen LogP) is 3.32. The van der Waals surface area contributed by atoms with Gasteiger partial charge in [0.2, 0.25) is 0 Å². The summed E-state index contributed by atoms with van der Waals surface area (Å²) < 4.78 is 5.38. The highest BCUT2D eigenvalue weighted by molar-refractivity contribution is 9.10. The molecule has 98 valence electrons. The lowest BCUT2D eigenvalue weighted by molar-refractivity contribution is -0.134. The molecule has 2 atom stereocenters. The minimum atomic E-state index is -0.246. The van der Waals surface area contributed by atoms with Crippen molar-refractivity contribution in [2.24, 2.45) is 0 Å². The number of anilines is 1. The summed E-state index contributed by atoms with van der Waals surface area (Å²) in [6.07, 6.45) is 0. The van der Waals surface area contributed by atoms with Gasteiger partial charge in [0.25, 0.3) is 0 Å². The quantitative estimate of drug-likeness (QED) is 0.487. The molecule has 1 aromatic rings. The fourth-order valence-electron chi connectivity index (χ4n) is 2.30. The lowest BCUT2D eigenvalue weighted by Crippen LogP contribution is -2.31. The molecule has 1 aliphatic rings. The molecule has 0 fully saturated rings. The number of alkyl halides is 1. The highest BCUT2D eigenvalue weighted by Gasteiger charge is 2.33. The van der Waals surface area contributed by atoms with E-state index in [0.717, 1.165) is 24.3 Å². The molecule has 1 aliphatic heterocycles. The fraction of sp³-hybridized carbons (Fsp3) is 0.500. The van der Waals surface area contributed by atoms with Crippen molar-refractivity contribution in [2.45, 2.75) is 31.5 Å². The number of halogens is 1. The van der Waals surface area contributed by atoms with Crippen LogP contribution in [0.25, 0.3) is 0 Å². The van der Waals surface area contributed by atoms with Crippen LogP contribution in [0.3, 0.4) is 0 Å². The molecule has 0 N–H and O–H groups in total. The van der Waals surface area contributed by atoms with Gasteiger partial charge in [-0.1, -0.05) is 28.9 Å². The predicted molar refractivity (Wildman–Crippen MR) is 76.8 cm³/mol. The first-order valence-corrected chi connectivity index (χ1v) is 7.24. The monoisotopic (exact) mass is 311 g/mol. The first-order valence-electron chi connectivity index (χ1n) is 6.33. The Labute approximate surface area is 116 Å². The van der Waals surface area contributed by atoms with Crippen LogP contribution in [0.4, 0.5) is 5.69 Å². The second-order valence-corrected chi connectivity index (χ2v) is 5.49. The molecule has 0 bridgehead atoms. The topological polar surface area (TPSA) is 29.5 Å². The van der Waals surface area contributed by atoms with Gasteiger partial charge in [-0.3, -0.25) is 4.79 Å². The molecule has 0 spiro atoms. The van der Waals surface area contributed by atoms with Gasteiger partial charge in [-0.2, -0.15) is 0 Å². The van der Waals surface area contributed by atoms with Gasteiger partial charge in [0.15, 0.2) is 0 Å². The van der Waals surface area contributed by atoms with E-state index in [1.165, 1.54) is 0 Å². The Balaban J connectivity index is 2.38. The minimum Gasteiger partial charge on any atom is -0.425 e. The van der Waals surface area contributed by atoms with E-state index in [2.05, 4.69) is 46.8 Å². The second kappa shape index (κ2) is 5.31. The van der Waals surface area contributed by atoms with Crippen molar-refractivity contribution in [3.63, 3.8) is 0 Å². The molecule has 0 aromatic heterocycles. The molecule has 1 heterocycles. The molecule has 1 aromatic carbocycles. The molecule has 0 radical (unpaired) electrons. The molecule has 0 aliphatic carbocycles. The number of fused-ring (bicyclic) bond motifs is 1. The van der Waals surface area contributed by atoms with Crippen LogP contribution in [0.1, 0.15) is 32.3 Å². The maximum Gasteiger partial charge on any atom is 0.325 e. The third-order valence-electron chi connectivity index (χ3n) is 3.49. The number of carbonyl (C=O) groups is 1. The van der Waals surface area contributed by atoms with Crippen molar-refractivity contribution >= 4 is 27.6 Å². The van der Waals surface area contributed by atoms with E-state index in [1.807, 2.05) is 13.0 Å². The SMILES string of the molecule is CCN(CC)c1ccc2c(c1)OC(=O)C(Br)C2C. The first kappa shape index (κ1) is 13.4. The minimum absolute atomic E-state index is 0.145. The molecule has 2 rings (SSSR count). The molecule has 0 saturated heterocycles. The van der Waals surface area contributed by atoms with Crippen LogP contribution in [-0.2, 0) is 4.79 Å². The van der Waals surface area contributed by atoms with E-state index >= 15 is 0 Å². The standard InChI is InChI=1S/C14H18BrNO2/c1-4-16(5-2)10-6-7-11-9(3)13(15)14(17)18-12(11)8-10/h6-9,13H,4-5H2,1-3H3. The Morgan fingerprint density at radius 1 is 1.33 bits per heavy atom. The van der Waals surface area contributed by atoms with E-state index < -0.39 is 0 Å². The van der Waals surface area contributed by atoms with Crippen molar-refractivity contribution in [3.8, 4) is 5.75 Å². The zero-order valence-electron chi connectivity index (χ0n) is 10.9. The zero-order chi connectivity index (χ0) is 13.3. The van der Waals surface area contributed by atoms with Gasteiger partial charge < -0.3 is 9.64 Å². The van der Waals surface area contributed by atoms with Crippen molar-refractivity contribution in [1.29, 1.82) is 0 Å². The van der Waals surface area contributed by atoms with Gasteiger partial charge in [0.05, 0.1) is 0 Å². The van der Waals surface area contributed by atoms with Crippen LogP contribution in [0.5, 0.6) is 5.75 Å². The average molecular weight is 312 g/mol.